The zero-order chi connectivity index (χ0) is 18.5. The third-order valence-corrected chi connectivity index (χ3v) is 4.13. The standard InChI is InChI=1S/C16H23NO2.CH4O3S/c1-12-6-4-5-7-15(12)16(19)9-8-14(18)10-13(16)11-17(2)3;1-5(2,3)4/h4-7,13,19H,8-11H2,1-3H3;1H3,(H,2,3,4). The Morgan fingerprint density at radius 2 is 1.83 bits per heavy atom. The zero-order valence-corrected chi connectivity index (χ0v) is 15.5. The van der Waals surface area contributed by atoms with E-state index in [9.17, 15) is 18.3 Å². The average molecular weight is 357 g/mol. The Morgan fingerprint density at radius 3 is 2.33 bits per heavy atom. The van der Waals surface area contributed by atoms with Crippen LogP contribution >= 0.6 is 0 Å². The Bertz CT molecular complexity index is 663. The van der Waals surface area contributed by atoms with Crippen molar-refractivity contribution in [3.63, 3.8) is 0 Å². The van der Waals surface area contributed by atoms with Crippen LogP contribution in [-0.4, -0.2) is 55.7 Å². The van der Waals surface area contributed by atoms with Gasteiger partial charge in [-0.25, -0.2) is 0 Å². The van der Waals surface area contributed by atoms with Crippen LogP contribution in [0.1, 0.15) is 30.4 Å². The van der Waals surface area contributed by atoms with Crippen molar-refractivity contribution in [2.45, 2.75) is 31.8 Å². The number of benzene rings is 1. The summed E-state index contributed by atoms with van der Waals surface area (Å²) in [6.45, 7) is 2.76. The SMILES string of the molecule is CS(=O)(=O)O.Cc1ccccc1C1(O)CCC(=O)CC1CN(C)C. The van der Waals surface area contributed by atoms with Gasteiger partial charge in [-0.05, 0) is 38.6 Å². The first-order chi connectivity index (χ1) is 10.9. The molecule has 1 fully saturated rings. The van der Waals surface area contributed by atoms with Crippen molar-refractivity contribution in [1.82, 2.24) is 4.90 Å². The lowest BCUT2D eigenvalue weighted by atomic mass is 9.70. The van der Waals surface area contributed by atoms with Crippen LogP contribution in [0, 0.1) is 12.8 Å². The minimum Gasteiger partial charge on any atom is -0.385 e. The van der Waals surface area contributed by atoms with Crippen LogP contribution in [0.5, 0.6) is 0 Å². The Balaban J connectivity index is 0.000000505. The quantitative estimate of drug-likeness (QED) is 0.798. The lowest BCUT2D eigenvalue weighted by Crippen LogP contribution is -2.45. The lowest BCUT2D eigenvalue weighted by molar-refractivity contribution is -0.133. The van der Waals surface area contributed by atoms with Gasteiger partial charge in [0.05, 0.1) is 11.9 Å². The second-order valence-electron chi connectivity index (χ2n) is 6.67. The summed E-state index contributed by atoms with van der Waals surface area (Å²) in [5.41, 5.74) is 1.21. The summed E-state index contributed by atoms with van der Waals surface area (Å²) in [6.07, 6.45) is 2.21. The molecule has 1 aliphatic carbocycles. The molecular weight excluding hydrogens is 330 g/mol. The van der Waals surface area contributed by atoms with Gasteiger partial charge in [0, 0.05) is 25.3 Å². The molecule has 7 heteroatoms. The second-order valence-corrected chi connectivity index (χ2v) is 8.14. The number of aliphatic hydroxyl groups is 1. The van der Waals surface area contributed by atoms with E-state index in [2.05, 4.69) is 0 Å². The maximum Gasteiger partial charge on any atom is 0.261 e. The van der Waals surface area contributed by atoms with Crippen molar-refractivity contribution in [1.29, 1.82) is 0 Å². The summed E-state index contributed by atoms with van der Waals surface area (Å²) in [5.74, 6) is 0.245. The van der Waals surface area contributed by atoms with Crippen molar-refractivity contribution in [2.75, 3.05) is 26.9 Å². The fourth-order valence-electron chi connectivity index (χ4n) is 3.15. The number of rotatable bonds is 3. The van der Waals surface area contributed by atoms with Crippen LogP contribution < -0.4 is 0 Å². The maximum absolute atomic E-state index is 11.7. The van der Waals surface area contributed by atoms with E-state index < -0.39 is 15.7 Å². The molecule has 0 spiro atoms. The minimum atomic E-state index is -3.67. The summed E-state index contributed by atoms with van der Waals surface area (Å²) in [7, 11) is 0.300. The first-order valence-corrected chi connectivity index (χ1v) is 9.65. The number of hydrogen-bond donors (Lipinski definition) is 2. The van der Waals surface area contributed by atoms with Gasteiger partial charge in [0.1, 0.15) is 5.78 Å². The molecule has 6 nitrogen and oxygen atoms in total. The van der Waals surface area contributed by atoms with Gasteiger partial charge < -0.3 is 10.0 Å². The van der Waals surface area contributed by atoms with E-state index in [1.54, 1.807) is 0 Å². The number of carbonyl (C=O) groups is 1. The molecule has 1 aromatic rings. The van der Waals surface area contributed by atoms with E-state index in [1.807, 2.05) is 50.2 Å². The number of aryl methyl sites for hydroxylation is 1. The van der Waals surface area contributed by atoms with Crippen LogP contribution in [0.2, 0.25) is 0 Å². The molecule has 136 valence electrons. The number of ketones is 1. The molecule has 1 aliphatic rings. The Labute approximate surface area is 144 Å². The molecule has 0 aliphatic heterocycles. The predicted octanol–water partition coefficient (Wildman–Crippen LogP) is 1.62. The molecule has 1 saturated carbocycles. The smallest absolute Gasteiger partial charge is 0.261 e. The van der Waals surface area contributed by atoms with Crippen molar-refractivity contribution >= 4 is 15.9 Å². The van der Waals surface area contributed by atoms with Crippen molar-refractivity contribution < 1.29 is 22.9 Å². The molecule has 2 atom stereocenters. The van der Waals surface area contributed by atoms with Gasteiger partial charge >= 0.3 is 0 Å². The monoisotopic (exact) mass is 357 g/mol. The van der Waals surface area contributed by atoms with Crippen LogP contribution in [0.4, 0.5) is 0 Å². The number of hydrogen-bond acceptors (Lipinski definition) is 5. The molecule has 2 N–H and O–H groups in total. The molecule has 24 heavy (non-hydrogen) atoms. The van der Waals surface area contributed by atoms with E-state index in [1.165, 1.54) is 0 Å². The highest BCUT2D eigenvalue weighted by atomic mass is 32.2. The molecule has 2 unspecified atom stereocenters. The first kappa shape index (κ1) is 20.8. The third-order valence-electron chi connectivity index (χ3n) is 4.13. The molecule has 0 bridgehead atoms. The highest BCUT2D eigenvalue weighted by Crippen LogP contribution is 2.41. The fourth-order valence-corrected chi connectivity index (χ4v) is 3.15. The zero-order valence-electron chi connectivity index (χ0n) is 14.7. The molecule has 2 rings (SSSR count). The molecular formula is C17H27NO5S. The highest BCUT2D eigenvalue weighted by molar-refractivity contribution is 7.85. The summed E-state index contributed by atoms with van der Waals surface area (Å²) in [5, 5.41) is 11.2. The molecule has 0 saturated heterocycles. The van der Waals surface area contributed by atoms with Gasteiger partial charge in [-0.3, -0.25) is 9.35 Å². The predicted molar refractivity (Wildman–Crippen MR) is 93.5 cm³/mol. The Hall–Kier alpha value is -1.28. The van der Waals surface area contributed by atoms with E-state index in [-0.39, 0.29) is 11.7 Å². The maximum atomic E-state index is 11.7. The third kappa shape index (κ3) is 6.32. The fraction of sp³-hybridized carbons (Fsp3) is 0.588. The molecule has 0 aromatic heterocycles. The van der Waals surface area contributed by atoms with E-state index in [4.69, 9.17) is 4.55 Å². The molecule has 0 amide bonds. The van der Waals surface area contributed by atoms with Gasteiger partial charge in [0.25, 0.3) is 10.1 Å². The van der Waals surface area contributed by atoms with Gasteiger partial charge in [-0.15, -0.1) is 0 Å². The number of nitrogens with zero attached hydrogens (tertiary/aromatic N) is 1. The summed E-state index contributed by atoms with van der Waals surface area (Å²) >= 11 is 0. The van der Waals surface area contributed by atoms with Crippen molar-refractivity contribution in [2.24, 2.45) is 5.92 Å². The van der Waals surface area contributed by atoms with E-state index in [0.717, 1.165) is 17.7 Å². The largest absolute Gasteiger partial charge is 0.385 e. The average Bonchev–Trinajstić information content (AvgIpc) is 2.41. The first-order valence-electron chi connectivity index (χ1n) is 7.81. The highest BCUT2D eigenvalue weighted by Gasteiger charge is 2.43. The lowest BCUT2D eigenvalue weighted by Gasteiger charge is -2.41. The number of Topliss-reactive ketones (excluding diaryl/α,β-unsaturated/α-hetero) is 1. The Kier molecular flexibility index (Phi) is 7.10. The van der Waals surface area contributed by atoms with Crippen LogP contribution in [0.25, 0.3) is 0 Å². The molecule has 1 aromatic carbocycles. The van der Waals surface area contributed by atoms with Gasteiger partial charge in [0.15, 0.2) is 0 Å². The van der Waals surface area contributed by atoms with Gasteiger partial charge in [0.2, 0.25) is 0 Å². The van der Waals surface area contributed by atoms with Crippen molar-refractivity contribution in [3.8, 4) is 0 Å². The number of carbonyl (C=O) groups excluding carboxylic acids is 1. The van der Waals surface area contributed by atoms with Crippen molar-refractivity contribution in [3.05, 3.63) is 35.4 Å². The second kappa shape index (κ2) is 8.20. The van der Waals surface area contributed by atoms with Crippen LogP contribution in [0.15, 0.2) is 24.3 Å². The molecule has 0 heterocycles. The Morgan fingerprint density at radius 1 is 1.29 bits per heavy atom. The van der Waals surface area contributed by atoms with E-state index >= 15 is 0 Å². The van der Waals surface area contributed by atoms with Crippen LogP contribution in [0.3, 0.4) is 0 Å². The minimum absolute atomic E-state index is 0.0233. The summed E-state index contributed by atoms with van der Waals surface area (Å²) < 4.78 is 25.9. The summed E-state index contributed by atoms with van der Waals surface area (Å²) in [6, 6.07) is 7.96. The topological polar surface area (TPSA) is 94.9 Å². The van der Waals surface area contributed by atoms with Gasteiger partial charge in [-0.1, -0.05) is 24.3 Å². The van der Waals surface area contributed by atoms with E-state index in [0.29, 0.717) is 25.5 Å². The normalized spacial score (nSPS) is 24.5. The van der Waals surface area contributed by atoms with Crippen LogP contribution in [-0.2, 0) is 20.5 Å². The summed E-state index contributed by atoms with van der Waals surface area (Å²) in [4.78, 5) is 13.8. The van der Waals surface area contributed by atoms with Gasteiger partial charge in [-0.2, -0.15) is 8.42 Å². The molecule has 0 radical (unpaired) electrons.